The highest BCUT2D eigenvalue weighted by molar-refractivity contribution is 5.50. The lowest BCUT2D eigenvalue weighted by Crippen LogP contribution is -2.20. The molecule has 2 unspecified atom stereocenters. The van der Waals surface area contributed by atoms with E-state index in [0.29, 0.717) is 11.3 Å². The molecule has 0 fully saturated rings. The lowest BCUT2D eigenvalue weighted by Gasteiger charge is -2.18. The molecule has 0 aromatic heterocycles. The van der Waals surface area contributed by atoms with E-state index in [0.717, 1.165) is 0 Å². The van der Waals surface area contributed by atoms with Crippen LogP contribution in [0, 0.1) is 11.3 Å². The molecule has 1 rings (SSSR count). The Morgan fingerprint density at radius 1 is 1.38 bits per heavy atom. The predicted octanol–water partition coefficient (Wildman–Crippen LogP) is -0.0828. The average Bonchev–Trinajstić information content (AvgIpc) is 2.28. The van der Waals surface area contributed by atoms with Gasteiger partial charge in [-0.2, -0.15) is 5.26 Å². The zero-order valence-corrected chi connectivity index (χ0v) is 8.67. The minimum absolute atomic E-state index is 0.0520. The molecule has 0 aliphatic carbocycles. The number of nitrogens with two attached hydrogens (primary N) is 1. The molecular weight excluding hydrogens is 208 g/mol. The second-order valence-electron chi connectivity index (χ2n) is 3.48. The number of nitriles is 1. The smallest absolute Gasteiger partial charge is 0.106 e. The summed E-state index contributed by atoms with van der Waals surface area (Å²) in [7, 11) is 0. The van der Waals surface area contributed by atoms with Gasteiger partial charge in [0.05, 0.1) is 17.7 Å². The lowest BCUT2D eigenvalue weighted by atomic mass is 9.97. The molecule has 86 valence electrons. The molecule has 16 heavy (non-hydrogen) atoms. The zero-order chi connectivity index (χ0) is 12.1. The van der Waals surface area contributed by atoms with Crippen LogP contribution in [0.15, 0.2) is 18.2 Å². The van der Waals surface area contributed by atoms with Gasteiger partial charge in [0.1, 0.15) is 6.10 Å². The highest BCUT2D eigenvalue weighted by Gasteiger charge is 2.20. The van der Waals surface area contributed by atoms with Gasteiger partial charge in [-0.3, -0.25) is 0 Å². The summed E-state index contributed by atoms with van der Waals surface area (Å²) in [5.74, 6) is 0. The molecule has 0 aliphatic heterocycles. The molecule has 2 atom stereocenters. The number of aliphatic hydroxyl groups excluding tert-OH is 3. The van der Waals surface area contributed by atoms with Gasteiger partial charge in [-0.1, -0.05) is 6.07 Å². The summed E-state index contributed by atoms with van der Waals surface area (Å²) in [4.78, 5) is 0. The van der Waals surface area contributed by atoms with Crippen molar-refractivity contribution in [3.63, 3.8) is 0 Å². The number of hydrogen-bond acceptors (Lipinski definition) is 5. The lowest BCUT2D eigenvalue weighted by molar-refractivity contribution is 0.00408. The number of nitrogens with zero attached hydrogens (tertiary/aromatic N) is 1. The zero-order valence-electron chi connectivity index (χ0n) is 8.67. The van der Waals surface area contributed by atoms with Gasteiger partial charge < -0.3 is 21.1 Å². The van der Waals surface area contributed by atoms with Crippen molar-refractivity contribution in [2.75, 3.05) is 12.3 Å². The fraction of sp³-hybridized carbons (Fsp3) is 0.364. The van der Waals surface area contributed by atoms with E-state index in [1.165, 1.54) is 12.1 Å². The van der Waals surface area contributed by atoms with E-state index in [2.05, 4.69) is 0 Å². The summed E-state index contributed by atoms with van der Waals surface area (Å²) < 4.78 is 0. The minimum atomic E-state index is -1.19. The molecule has 0 bridgehead atoms. The van der Waals surface area contributed by atoms with Crippen LogP contribution in [0.5, 0.6) is 0 Å². The van der Waals surface area contributed by atoms with Crippen molar-refractivity contribution in [3.8, 4) is 6.07 Å². The second kappa shape index (κ2) is 5.47. The SMILES string of the molecule is N#Cc1cc(N)ccc1C(O)C(O)CCO. The number of benzene rings is 1. The van der Waals surface area contributed by atoms with Crippen LogP contribution in [-0.4, -0.2) is 28.0 Å². The first kappa shape index (κ1) is 12.5. The molecule has 1 aromatic rings. The van der Waals surface area contributed by atoms with E-state index in [1.807, 2.05) is 6.07 Å². The van der Waals surface area contributed by atoms with Crippen LogP contribution in [0.1, 0.15) is 23.7 Å². The van der Waals surface area contributed by atoms with Crippen molar-refractivity contribution < 1.29 is 15.3 Å². The van der Waals surface area contributed by atoms with E-state index in [1.54, 1.807) is 6.07 Å². The van der Waals surface area contributed by atoms with E-state index in [4.69, 9.17) is 16.1 Å². The highest BCUT2D eigenvalue weighted by atomic mass is 16.3. The summed E-state index contributed by atoms with van der Waals surface area (Å²) in [6, 6.07) is 6.38. The topological polar surface area (TPSA) is 111 Å². The van der Waals surface area contributed by atoms with Crippen LogP contribution in [0.2, 0.25) is 0 Å². The Morgan fingerprint density at radius 3 is 2.62 bits per heavy atom. The molecule has 0 spiro atoms. The Labute approximate surface area is 93.4 Å². The molecule has 0 radical (unpaired) electrons. The standard InChI is InChI=1S/C11H14N2O3/c12-6-7-5-8(13)1-2-9(7)11(16)10(15)3-4-14/h1-2,5,10-11,14-16H,3-4,13H2. The van der Waals surface area contributed by atoms with E-state index in [9.17, 15) is 10.2 Å². The van der Waals surface area contributed by atoms with Crippen molar-refractivity contribution in [2.24, 2.45) is 0 Å². The van der Waals surface area contributed by atoms with Crippen molar-refractivity contribution in [1.29, 1.82) is 5.26 Å². The maximum atomic E-state index is 9.77. The van der Waals surface area contributed by atoms with Gasteiger partial charge in [-0.25, -0.2) is 0 Å². The van der Waals surface area contributed by atoms with Crippen molar-refractivity contribution in [2.45, 2.75) is 18.6 Å². The minimum Gasteiger partial charge on any atom is -0.399 e. The molecule has 0 amide bonds. The Balaban J connectivity index is 2.99. The first-order chi connectivity index (χ1) is 7.60. The number of rotatable bonds is 4. The van der Waals surface area contributed by atoms with Gasteiger partial charge in [-0.05, 0) is 18.6 Å². The largest absolute Gasteiger partial charge is 0.399 e. The van der Waals surface area contributed by atoms with Crippen LogP contribution >= 0.6 is 0 Å². The fourth-order valence-corrected chi connectivity index (χ4v) is 1.43. The molecule has 5 nitrogen and oxygen atoms in total. The maximum Gasteiger partial charge on any atom is 0.106 e. The second-order valence-corrected chi connectivity index (χ2v) is 3.48. The highest BCUT2D eigenvalue weighted by Crippen LogP contribution is 2.24. The monoisotopic (exact) mass is 222 g/mol. The normalized spacial score (nSPS) is 14.1. The summed E-state index contributed by atoms with van der Waals surface area (Å²) in [5, 5.41) is 36.8. The van der Waals surface area contributed by atoms with Crippen LogP contribution < -0.4 is 5.73 Å². The quantitative estimate of drug-likeness (QED) is 0.532. The molecule has 1 aromatic carbocycles. The Hall–Kier alpha value is -1.61. The first-order valence-electron chi connectivity index (χ1n) is 4.86. The van der Waals surface area contributed by atoms with Crippen LogP contribution in [0.25, 0.3) is 0 Å². The molecule has 0 saturated heterocycles. The van der Waals surface area contributed by atoms with E-state index in [-0.39, 0.29) is 18.6 Å². The Bertz CT molecular complexity index is 401. The first-order valence-corrected chi connectivity index (χ1v) is 4.86. The molecule has 5 heteroatoms. The van der Waals surface area contributed by atoms with Gasteiger partial charge in [0, 0.05) is 17.9 Å². The van der Waals surface area contributed by atoms with Crippen LogP contribution in [-0.2, 0) is 0 Å². The van der Waals surface area contributed by atoms with Gasteiger partial charge in [0.15, 0.2) is 0 Å². The van der Waals surface area contributed by atoms with Gasteiger partial charge in [-0.15, -0.1) is 0 Å². The fourth-order valence-electron chi connectivity index (χ4n) is 1.43. The summed E-state index contributed by atoms with van der Waals surface area (Å²) in [6.45, 7) is -0.227. The van der Waals surface area contributed by atoms with Gasteiger partial charge in [0.2, 0.25) is 0 Å². The van der Waals surface area contributed by atoms with Crippen LogP contribution in [0.3, 0.4) is 0 Å². The average molecular weight is 222 g/mol. The molecule has 0 saturated carbocycles. The van der Waals surface area contributed by atoms with E-state index < -0.39 is 12.2 Å². The maximum absolute atomic E-state index is 9.77. The third kappa shape index (κ3) is 2.70. The number of aliphatic hydroxyl groups is 3. The van der Waals surface area contributed by atoms with Crippen molar-refractivity contribution >= 4 is 5.69 Å². The number of hydrogen-bond donors (Lipinski definition) is 4. The third-order valence-electron chi connectivity index (χ3n) is 2.31. The van der Waals surface area contributed by atoms with Crippen LogP contribution in [0.4, 0.5) is 5.69 Å². The Kier molecular flexibility index (Phi) is 4.26. The number of anilines is 1. The van der Waals surface area contributed by atoms with E-state index >= 15 is 0 Å². The summed E-state index contributed by atoms with van der Waals surface area (Å²) in [6.07, 6.45) is -2.24. The summed E-state index contributed by atoms with van der Waals surface area (Å²) in [5.41, 5.74) is 6.47. The number of nitrogen functional groups attached to an aromatic ring is 1. The van der Waals surface area contributed by atoms with Gasteiger partial charge in [0.25, 0.3) is 0 Å². The summed E-state index contributed by atoms with van der Waals surface area (Å²) >= 11 is 0. The van der Waals surface area contributed by atoms with Gasteiger partial charge >= 0.3 is 0 Å². The molecular formula is C11H14N2O3. The Morgan fingerprint density at radius 2 is 2.06 bits per heavy atom. The molecule has 0 aliphatic rings. The predicted molar refractivity (Wildman–Crippen MR) is 58.2 cm³/mol. The van der Waals surface area contributed by atoms with Crippen molar-refractivity contribution in [3.05, 3.63) is 29.3 Å². The molecule has 0 heterocycles. The third-order valence-corrected chi connectivity index (χ3v) is 2.31. The van der Waals surface area contributed by atoms with Crippen molar-refractivity contribution in [1.82, 2.24) is 0 Å². The molecule has 5 N–H and O–H groups in total.